The Kier molecular flexibility index (Phi) is 3.53. The Morgan fingerprint density at radius 1 is 1.14 bits per heavy atom. The minimum atomic E-state index is 0.248. The third-order valence-corrected chi connectivity index (χ3v) is 1.89. The number of hydrogen-bond donors (Lipinski definition) is 0. The molecular formula is C12H20NO+. The van der Waals surface area contributed by atoms with E-state index in [0.717, 1.165) is 16.8 Å². The Morgan fingerprint density at radius 2 is 1.71 bits per heavy atom. The molecule has 0 spiro atoms. The molecule has 0 heterocycles. The molecule has 1 aromatic carbocycles. The molecule has 14 heavy (non-hydrogen) atoms. The fourth-order valence-electron chi connectivity index (χ4n) is 1.54. The van der Waals surface area contributed by atoms with Crippen molar-refractivity contribution < 1.29 is 9.22 Å². The third kappa shape index (κ3) is 4.28. The number of nitrogens with zero attached hydrogens (tertiary/aromatic N) is 1. The number of quaternary nitrogens is 1. The number of hydrogen-bond acceptors (Lipinski definition) is 1. The van der Waals surface area contributed by atoms with E-state index in [9.17, 15) is 0 Å². The zero-order valence-electron chi connectivity index (χ0n) is 9.53. The molecule has 78 valence electrons. The number of para-hydroxylation sites is 1. The lowest BCUT2D eigenvalue weighted by atomic mass is 10.3. The topological polar surface area (TPSA) is 9.23 Å². The molecule has 0 radical (unpaired) electrons. The van der Waals surface area contributed by atoms with Gasteiger partial charge in [0.25, 0.3) is 0 Å². The maximum absolute atomic E-state index is 5.77. The van der Waals surface area contributed by atoms with E-state index in [4.69, 9.17) is 4.74 Å². The summed E-state index contributed by atoms with van der Waals surface area (Å²) in [5.74, 6) is 0.952. The van der Waals surface area contributed by atoms with Crippen molar-refractivity contribution in [3.63, 3.8) is 0 Å². The molecule has 2 heteroatoms. The standard InChI is InChI=1S/C12H20NO/c1-11(10-13(2,3)4)14-12-8-6-5-7-9-12/h5-9,11H,10H2,1-4H3/q+1. The van der Waals surface area contributed by atoms with Crippen LogP contribution in [0.5, 0.6) is 5.75 Å². The van der Waals surface area contributed by atoms with Crippen LogP contribution < -0.4 is 4.74 Å². The Balaban J connectivity index is 2.46. The monoisotopic (exact) mass is 194 g/mol. The van der Waals surface area contributed by atoms with Crippen LogP contribution in [0.3, 0.4) is 0 Å². The summed E-state index contributed by atoms with van der Waals surface area (Å²) in [6, 6.07) is 9.97. The predicted octanol–water partition coefficient (Wildman–Crippen LogP) is 2.16. The molecule has 0 fully saturated rings. The van der Waals surface area contributed by atoms with Crippen molar-refractivity contribution in [3.8, 4) is 5.75 Å². The van der Waals surface area contributed by atoms with Crippen molar-refractivity contribution in [1.29, 1.82) is 0 Å². The van der Waals surface area contributed by atoms with Crippen LogP contribution in [0.1, 0.15) is 6.92 Å². The van der Waals surface area contributed by atoms with Crippen molar-refractivity contribution in [3.05, 3.63) is 30.3 Å². The molecule has 1 unspecified atom stereocenters. The Bertz CT molecular complexity index is 263. The predicted molar refractivity (Wildman–Crippen MR) is 59.4 cm³/mol. The van der Waals surface area contributed by atoms with Crippen LogP contribution in [-0.2, 0) is 0 Å². The smallest absolute Gasteiger partial charge is 0.145 e. The quantitative estimate of drug-likeness (QED) is 0.667. The molecule has 0 aliphatic carbocycles. The fourth-order valence-corrected chi connectivity index (χ4v) is 1.54. The maximum Gasteiger partial charge on any atom is 0.145 e. The first-order chi connectivity index (χ1) is 6.47. The zero-order chi connectivity index (χ0) is 10.6. The van der Waals surface area contributed by atoms with Gasteiger partial charge in [-0.2, -0.15) is 0 Å². The number of ether oxygens (including phenoxy) is 1. The Hall–Kier alpha value is -1.02. The van der Waals surface area contributed by atoms with E-state index in [2.05, 4.69) is 28.1 Å². The molecule has 0 aliphatic heterocycles. The second-order valence-electron chi connectivity index (χ2n) is 4.71. The zero-order valence-corrected chi connectivity index (χ0v) is 9.53. The highest BCUT2D eigenvalue weighted by molar-refractivity contribution is 5.21. The van der Waals surface area contributed by atoms with E-state index in [0.29, 0.717) is 0 Å². The SMILES string of the molecule is CC(C[N+](C)(C)C)Oc1ccccc1. The lowest BCUT2D eigenvalue weighted by Crippen LogP contribution is -2.42. The molecule has 0 amide bonds. The van der Waals surface area contributed by atoms with Gasteiger partial charge in [-0.05, 0) is 19.1 Å². The van der Waals surface area contributed by atoms with Gasteiger partial charge in [-0.25, -0.2) is 0 Å². The van der Waals surface area contributed by atoms with Gasteiger partial charge in [0, 0.05) is 0 Å². The second kappa shape index (κ2) is 4.47. The summed E-state index contributed by atoms with van der Waals surface area (Å²) < 4.78 is 6.70. The van der Waals surface area contributed by atoms with Crippen LogP contribution in [0.2, 0.25) is 0 Å². The van der Waals surface area contributed by atoms with Gasteiger partial charge >= 0.3 is 0 Å². The van der Waals surface area contributed by atoms with Gasteiger partial charge in [0.2, 0.25) is 0 Å². The van der Waals surface area contributed by atoms with Crippen molar-refractivity contribution in [2.45, 2.75) is 13.0 Å². The maximum atomic E-state index is 5.77. The molecule has 1 atom stereocenters. The highest BCUT2D eigenvalue weighted by atomic mass is 16.5. The van der Waals surface area contributed by atoms with E-state index < -0.39 is 0 Å². The first kappa shape index (κ1) is 11.1. The molecule has 0 aromatic heterocycles. The van der Waals surface area contributed by atoms with Crippen molar-refractivity contribution in [2.24, 2.45) is 0 Å². The van der Waals surface area contributed by atoms with Crippen LogP contribution in [-0.4, -0.2) is 38.3 Å². The Morgan fingerprint density at radius 3 is 2.21 bits per heavy atom. The molecule has 1 aromatic rings. The average Bonchev–Trinajstić information content (AvgIpc) is 2.02. The van der Waals surface area contributed by atoms with Crippen LogP contribution in [0.15, 0.2) is 30.3 Å². The van der Waals surface area contributed by atoms with Crippen LogP contribution >= 0.6 is 0 Å². The average molecular weight is 194 g/mol. The molecule has 0 saturated carbocycles. The lowest BCUT2D eigenvalue weighted by molar-refractivity contribution is -0.872. The second-order valence-corrected chi connectivity index (χ2v) is 4.71. The number of likely N-dealkylation sites (N-methyl/N-ethyl adjacent to an activating group) is 1. The first-order valence-electron chi connectivity index (χ1n) is 4.99. The minimum Gasteiger partial charge on any atom is -0.485 e. The number of benzene rings is 1. The van der Waals surface area contributed by atoms with Gasteiger partial charge in [-0.15, -0.1) is 0 Å². The van der Waals surface area contributed by atoms with Gasteiger partial charge < -0.3 is 9.22 Å². The summed E-state index contributed by atoms with van der Waals surface area (Å²) >= 11 is 0. The summed E-state index contributed by atoms with van der Waals surface area (Å²) in [5.41, 5.74) is 0. The Labute approximate surface area is 86.7 Å². The van der Waals surface area contributed by atoms with E-state index >= 15 is 0 Å². The molecule has 0 bridgehead atoms. The molecule has 1 rings (SSSR count). The van der Waals surface area contributed by atoms with Crippen molar-refractivity contribution in [2.75, 3.05) is 27.7 Å². The summed E-state index contributed by atoms with van der Waals surface area (Å²) in [6.07, 6.45) is 0.248. The van der Waals surface area contributed by atoms with Crippen LogP contribution in [0.25, 0.3) is 0 Å². The van der Waals surface area contributed by atoms with Gasteiger partial charge in [-0.1, -0.05) is 18.2 Å². The van der Waals surface area contributed by atoms with Crippen molar-refractivity contribution in [1.82, 2.24) is 0 Å². The molecular weight excluding hydrogens is 174 g/mol. The molecule has 0 saturated heterocycles. The summed E-state index contributed by atoms with van der Waals surface area (Å²) in [7, 11) is 6.51. The van der Waals surface area contributed by atoms with E-state index in [1.165, 1.54) is 0 Å². The summed E-state index contributed by atoms with van der Waals surface area (Å²) in [4.78, 5) is 0. The molecule has 0 N–H and O–H groups in total. The van der Waals surface area contributed by atoms with E-state index in [1.807, 2.05) is 30.3 Å². The van der Waals surface area contributed by atoms with Crippen LogP contribution in [0, 0.1) is 0 Å². The third-order valence-electron chi connectivity index (χ3n) is 1.89. The highest BCUT2D eigenvalue weighted by Crippen LogP contribution is 2.11. The summed E-state index contributed by atoms with van der Waals surface area (Å²) in [6.45, 7) is 3.12. The highest BCUT2D eigenvalue weighted by Gasteiger charge is 2.14. The summed E-state index contributed by atoms with van der Waals surface area (Å²) in [5, 5.41) is 0. The van der Waals surface area contributed by atoms with Gasteiger partial charge in [0.1, 0.15) is 18.4 Å². The lowest BCUT2D eigenvalue weighted by Gasteiger charge is -2.27. The largest absolute Gasteiger partial charge is 0.485 e. The van der Waals surface area contributed by atoms with E-state index in [1.54, 1.807) is 0 Å². The first-order valence-corrected chi connectivity index (χ1v) is 4.99. The normalized spacial score (nSPS) is 13.7. The van der Waals surface area contributed by atoms with Gasteiger partial charge in [0.15, 0.2) is 0 Å². The fraction of sp³-hybridized carbons (Fsp3) is 0.500. The van der Waals surface area contributed by atoms with Crippen LogP contribution in [0.4, 0.5) is 0 Å². The van der Waals surface area contributed by atoms with Gasteiger partial charge in [0.05, 0.1) is 21.1 Å². The number of rotatable bonds is 4. The molecule has 0 aliphatic rings. The van der Waals surface area contributed by atoms with Gasteiger partial charge in [-0.3, -0.25) is 0 Å². The van der Waals surface area contributed by atoms with Crippen molar-refractivity contribution >= 4 is 0 Å². The van der Waals surface area contributed by atoms with E-state index in [-0.39, 0.29) is 6.10 Å². The molecule has 2 nitrogen and oxygen atoms in total. The minimum absolute atomic E-state index is 0.248.